The molecule has 2 aromatic rings. The lowest BCUT2D eigenvalue weighted by Gasteiger charge is -2.60. The van der Waals surface area contributed by atoms with Crippen LogP contribution in [0.15, 0.2) is 60.7 Å². The van der Waals surface area contributed by atoms with Crippen molar-refractivity contribution in [3.63, 3.8) is 0 Å². The highest BCUT2D eigenvalue weighted by molar-refractivity contribution is 7.87. The molecule has 218 valence electrons. The zero-order chi connectivity index (χ0) is 29.0. The number of alkyl halides is 2. The van der Waals surface area contributed by atoms with Gasteiger partial charge >= 0.3 is 21.3 Å². The maximum absolute atomic E-state index is 14.0. The van der Waals surface area contributed by atoms with E-state index in [9.17, 15) is 22.0 Å². The maximum Gasteiger partial charge on any atom is 0.465 e. The van der Waals surface area contributed by atoms with E-state index < -0.39 is 35.3 Å². The summed E-state index contributed by atoms with van der Waals surface area (Å²) in [6.45, 7) is 6.34. The van der Waals surface area contributed by atoms with Crippen molar-refractivity contribution in [1.82, 2.24) is 0 Å². The molecular weight excluding hydrogens is 554 g/mol. The minimum absolute atomic E-state index is 0.180. The molecule has 0 aromatic heterocycles. The average molecular weight is 593 g/mol. The Labute approximate surface area is 236 Å². The van der Waals surface area contributed by atoms with Gasteiger partial charge in [-0.05, 0) is 71.2 Å². The van der Waals surface area contributed by atoms with Crippen LogP contribution < -0.4 is 10.4 Å². The van der Waals surface area contributed by atoms with Gasteiger partial charge in [-0.1, -0.05) is 87.9 Å². The molecule has 6 nitrogen and oxygen atoms in total. The Morgan fingerprint density at radius 3 is 2.08 bits per heavy atom. The Bertz CT molecular complexity index is 1290. The normalized spacial score (nSPS) is 28.8. The zero-order valence-electron chi connectivity index (χ0n) is 23.2. The molecule has 3 bridgehead atoms. The van der Waals surface area contributed by atoms with Crippen LogP contribution in [0, 0.1) is 23.7 Å². The number of rotatable bonds is 8. The molecule has 0 spiro atoms. The molecule has 3 aliphatic carbocycles. The van der Waals surface area contributed by atoms with Crippen molar-refractivity contribution in [3.05, 3.63) is 60.7 Å². The van der Waals surface area contributed by atoms with E-state index in [2.05, 4.69) is 45.0 Å². The summed E-state index contributed by atoms with van der Waals surface area (Å²) in [6, 6.07) is 20.7. The summed E-state index contributed by atoms with van der Waals surface area (Å²) >= 11 is 0. The molecule has 40 heavy (non-hydrogen) atoms. The Hall–Kier alpha value is -2.14. The molecule has 5 atom stereocenters. The van der Waals surface area contributed by atoms with E-state index >= 15 is 0 Å². The zero-order valence-corrected chi connectivity index (χ0v) is 25.0. The highest BCUT2D eigenvalue weighted by Crippen LogP contribution is 2.59. The quantitative estimate of drug-likeness (QED) is 0.258. The van der Waals surface area contributed by atoms with E-state index in [1.807, 2.05) is 36.4 Å². The first-order valence-electron chi connectivity index (χ1n) is 14.0. The average Bonchev–Trinajstić information content (AvgIpc) is 2.89. The standard InChI is InChI=1S/C30H38F2O6SSi/c1-28(2,3)40(24-10-6-4-7-11-24,25-12-8-5-9-13-25)38-29-17-21-14-15-26(22(16-21)18-29)23(19-29)20-37-27(33)30(31,32)39(34,35)36/h4-13,21-23,26H,14-20H2,1-3H3,(H,34,35,36). The van der Waals surface area contributed by atoms with Crippen molar-refractivity contribution in [2.45, 2.75) is 75.2 Å². The molecule has 3 fully saturated rings. The molecule has 0 amide bonds. The summed E-state index contributed by atoms with van der Waals surface area (Å²) < 4.78 is 71.6. The lowest BCUT2D eigenvalue weighted by atomic mass is 9.52. The van der Waals surface area contributed by atoms with Crippen molar-refractivity contribution in [1.29, 1.82) is 0 Å². The molecule has 0 saturated heterocycles. The smallest absolute Gasteiger partial charge is 0.460 e. The van der Waals surface area contributed by atoms with Gasteiger partial charge in [0.05, 0.1) is 12.2 Å². The van der Waals surface area contributed by atoms with Crippen LogP contribution >= 0.6 is 0 Å². The van der Waals surface area contributed by atoms with Gasteiger partial charge in [0, 0.05) is 0 Å². The van der Waals surface area contributed by atoms with Gasteiger partial charge < -0.3 is 9.16 Å². The van der Waals surface area contributed by atoms with E-state index in [0.29, 0.717) is 18.3 Å². The van der Waals surface area contributed by atoms with Gasteiger partial charge in [0.15, 0.2) is 0 Å². The number of benzene rings is 2. The minimum atomic E-state index is -5.92. The Balaban J connectivity index is 1.53. The van der Waals surface area contributed by atoms with Crippen LogP contribution in [-0.2, 0) is 24.1 Å². The van der Waals surface area contributed by atoms with Gasteiger partial charge in [-0.25, -0.2) is 4.79 Å². The summed E-state index contributed by atoms with van der Waals surface area (Å²) in [5, 5.41) is -2.92. The van der Waals surface area contributed by atoms with Crippen molar-refractivity contribution in [3.8, 4) is 0 Å². The van der Waals surface area contributed by atoms with Crippen molar-refractivity contribution >= 4 is 34.8 Å². The topological polar surface area (TPSA) is 89.9 Å². The maximum atomic E-state index is 14.0. The fraction of sp³-hybridized carbons (Fsp3) is 0.567. The van der Waals surface area contributed by atoms with Crippen LogP contribution in [0.3, 0.4) is 0 Å². The van der Waals surface area contributed by atoms with Gasteiger partial charge in [-0.3, -0.25) is 4.55 Å². The summed E-state index contributed by atoms with van der Waals surface area (Å²) in [5.74, 6) is -1.48. The van der Waals surface area contributed by atoms with Gasteiger partial charge in [-0.2, -0.15) is 17.2 Å². The number of fused-ring (bicyclic) bond motifs is 2. The number of ether oxygens (including phenoxy) is 1. The second kappa shape index (κ2) is 10.3. The van der Waals surface area contributed by atoms with Crippen molar-refractivity contribution in [2.24, 2.45) is 23.7 Å². The molecule has 2 aromatic carbocycles. The number of esters is 1. The largest absolute Gasteiger partial charge is 0.465 e. The first kappa shape index (κ1) is 29.4. The molecule has 10 heteroatoms. The molecule has 0 radical (unpaired) electrons. The van der Waals surface area contributed by atoms with E-state index in [1.54, 1.807) is 0 Å². The van der Waals surface area contributed by atoms with Crippen molar-refractivity contribution < 1.29 is 35.7 Å². The molecule has 3 saturated carbocycles. The lowest BCUT2D eigenvalue weighted by Crippen LogP contribution is -2.71. The van der Waals surface area contributed by atoms with Crippen LogP contribution in [0.1, 0.15) is 59.3 Å². The molecule has 3 aliphatic rings. The highest BCUT2D eigenvalue weighted by Gasteiger charge is 2.61. The fourth-order valence-electron chi connectivity index (χ4n) is 7.96. The Morgan fingerprint density at radius 2 is 1.55 bits per heavy atom. The molecule has 1 N–H and O–H groups in total. The minimum Gasteiger partial charge on any atom is -0.460 e. The van der Waals surface area contributed by atoms with E-state index in [4.69, 9.17) is 13.7 Å². The third-order valence-corrected chi connectivity index (χ3v) is 15.4. The highest BCUT2D eigenvalue weighted by atomic mass is 32.2. The fourth-order valence-corrected chi connectivity index (χ4v) is 13.1. The third-order valence-electron chi connectivity index (χ3n) is 9.46. The summed E-state index contributed by atoms with van der Waals surface area (Å²) in [4.78, 5) is 12.1. The van der Waals surface area contributed by atoms with Crippen LogP contribution in [0.5, 0.6) is 0 Å². The second-order valence-corrected chi connectivity index (χ2v) is 18.7. The second-order valence-electron chi connectivity index (χ2n) is 13.0. The van der Waals surface area contributed by atoms with Gasteiger partial charge in [0.1, 0.15) is 0 Å². The molecule has 5 unspecified atom stereocenters. The van der Waals surface area contributed by atoms with E-state index in [0.717, 1.165) is 42.5 Å². The van der Waals surface area contributed by atoms with E-state index in [1.165, 1.54) is 0 Å². The van der Waals surface area contributed by atoms with Gasteiger partial charge in [0.25, 0.3) is 8.32 Å². The van der Waals surface area contributed by atoms with Crippen LogP contribution in [0.25, 0.3) is 0 Å². The van der Waals surface area contributed by atoms with Crippen molar-refractivity contribution in [2.75, 3.05) is 6.61 Å². The first-order chi connectivity index (χ1) is 18.7. The van der Waals surface area contributed by atoms with Crippen LogP contribution in [0.4, 0.5) is 8.78 Å². The molecular formula is C30H38F2O6SSi. The number of halogens is 2. The molecule has 0 aliphatic heterocycles. The lowest BCUT2D eigenvalue weighted by molar-refractivity contribution is -0.171. The number of hydrogen-bond donors (Lipinski definition) is 1. The van der Waals surface area contributed by atoms with Crippen LogP contribution in [0.2, 0.25) is 5.04 Å². The SMILES string of the molecule is CC(C)(C)[Si](OC12CC3CCC(C(COC(=O)C(F)(F)S(=O)(=O)O)C1)C(C3)C2)(c1ccccc1)c1ccccc1. The third kappa shape index (κ3) is 5.05. The Morgan fingerprint density at radius 1 is 0.975 bits per heavy atom. The summed E-state index contributed by atoms with van der Waals surface area (Å²) in [6.07, 6.45) is 5.21. The number of carbonyl (C=O) groups excluding carboxylic acids is 1. The van der Waals surface area contributed by atoms with Gasteiger partial charge in [-0.15, -0.1) is 0 Å². The first-order valence-corrected chi connectivity index (χ1v) is 17.4. The summed E-state index contributed by atoms with van der Waals surface area (Å²) in [5.41, 5.74) is -0.529. The monoisotopic (exact) mass is 592 g/mol. The van der Waals surface area contributed by atoms with Gasteiger partial charge in [0.2, 0.25) is 0 Å². The predicted octanol–water partition coefficient (Wildman–Crippen LogP) is 5.17. The van der Waals surface area contributed by atoms with Crippen LogP contribution in [-0.4, -0.2) is 44.7 Å². The van der Waals surface area contributed by atoms with E-state index in [-0.39, 0.29) is 23.5 Å². The Kier molecular flexibility index (Phi) is 7.55. The molecule has 0 heterocycles. The molecule has 5 rings (SSSR count). The predicted molar refractivity (Wildman–Crippen MR) is 151 cm³/mol. The number of carbonyl (C=O) groups is 1. The number of hydrogen-bond acceptors (Lipinski definition) is 5. The summed E-state index contributed by atoms with van der Waals surface area (Å²) in [7, 11) is -8.84.